The van der Waals surface area contributed by atoms with Crippen LogP contribution in [0.1, 0.15) is 45.4 Å². The lowest BCUT2D eigenvalue weighted by Gasteiger charge is -2.33. The van der Waals surface area contributed by atoms with Crippen LogP contribution in [0.15, 0.2) is 0 Å². The van der Waals surface area contributed by atoms with E-state index in [1.165, 1.54) is 4.90 Å². The fourth-order valence-electron chi connectivity index (χ4n) is 2.82. The SMILES string of the molecule is CCC1(C(=O)O)CCCN1C(=O)NCCC(=O)NC1CC1. The van der Waals surface area contributed by atoms with Crippen LogP contribution in [0.2, 0.25) is 0 Å². The molecule has 3 N–H and O–H groups in total. The molecule has 2 rings (SSSR count). The number of hydrogen-bond donors (Lipinski definition) is 3. The first-order valence-electron chi connectivity index (χ1n) is 7.58. The summed E-state index contributed by atoms with van der Waals surface area (Å²) >= 11 is 0. The second-order valence-corrected chi connectivity index (χ2v) is 5.77. The summed E-state index contributed by atoms with van der Waals surface area (Å²) in [7, 11) is 0. The Balaban J connectivity index is 1.81. The van der Waals surface area contributed by atoms with Gasteiger partial charge in [-0.05, 0) is 32.1 Å². The lowest BCUT2D eigenvalue weighted by Crippen LogP contribution is -2.55. The molecule has 0 spiro atoms. The van der Waals surface area contributed by atoms with Crippen molar-refractivity contribution in [3.8, 4) is 0 Å². The van der Waals surface area contributed by atoms with Crippen LogP contribution >= 0.6 is 0 Å². The molecule has 118 valence electrons. The molecule has 1 atom stereocenters. The van der Waals surface area contributed by atoms with Crippen molar-refractivity contribution in [2.24, 2.45) is 0 Å². The third-order valence-corrected chi connectivity index (χ3v) is 4.29. The number of amides is 3. The van der Waals surface area contributed by atoms with Crippen molar-refractivity contribution in [2.75, 3.05) is 13.1 Å². The molecule has 3 amide bonds. The monoisotopic (exact) mass is 297 g/mol. The highest BCUT2D eigenvalue weighted by Crippen LogP contribution is 2.32. The second-order valence-electron chi connectivity index (χ2n) is 5.77. The van der Waals surface area contributed by atoms with Gasteiger partial charge in [0.05, 0.1) is 0 Å². The van der Waals surface area contributed by atoms with Crippen molar-refractivity contribution >= 4 is 17.9 Å². The van der Waals surface area contributed by atoms with Crippen molar-refractivity contribution in [3.63, 3.8) is 0 Å². The van der Waals surface area contributed by atoms with Gasteiger partial charge in [-0.1, -0.05) is 6.92 Å². The maximum Gasteiger partial charge on any atom is 0.329 e. The lowest BCUT2D eigenvalue weighted by molar-refractivity contribution is -0.148. The Morgan fingerprint density at radius 3 is 2.62 bits per heavy atom. The van der Waals surface area contributed by atoms with Gasteiger partial charge in [-0.15, -0.1) is 0 Å². The molecule has 1 unspecified atom stereocenters. The van der Waals surface area contributed by atoms with Crippen LogP contribution in [0.3, 0.4) is 0 Å². The van der Waals surface area contributed by atoms with Crippen molar-refractivity contribution in [1.82, 2.24) is 15.5 Å². The molecule has 7 heteroatoms. The van der Waals surface area contributed by atoms with Gasteiger partial charge in [-0.25, -0.2) is 9.59 Å². The van der Waals surface area contributed by atoms with Gasteiger partial charge in [-0.3, -0.25) is 4.79 Å². The first kappa shape index (κ1) is 15.6. The van der Waals surface area contributed by atoms with Crippen LogP contribution in [-0.2, 0) is 9.59 Å². The van der Waals surface area contributed by atoms with Gasteiger partial charge in [0.15, 0.2) is 0 Å². The normalized spacial score (nSPS) is 24.7. The van der Waals surface area contributed by atoms with Gasteiger partial charge >= 0.3 is 12.0 Å². The largest absolute Gasteiger partial charge is 0.479 e. The summed E-state index contributed by atoms with van der Waals surface area (Å²) in [6.07, 6.45) is 3.84. The molecule has 1 saturated heterocycles. The van der Waals surface area contributed by atoms with Crippen LogP contribution < -0.4 is 10.6 Å². The zero-order valence-electron chi connectivity index (χ0n) is 12.4. The number of nitrogens with zero attached hydrogens (tertiary/aromatic N) is 1. The summed E-state index contributed by atoms with van der Waals surface area (Å²) in [5.74, 6) is -1.02. The minimum atomic E-state index is -1.10. The average molecular weight is 297 g/mol. The van der Waals surface area contributed by atoms with Crippen LogP contribution in [0.25, 0.3) is 0 Å². The number of carbonyl (C=O) groups excluding carboxylic acids is 2. The molecule has 0 aromatic heterocycles. The van der Waals surface area contributed by atoms with E-state index in [2.05, 4.69) is 10.6 Å². The Morgan fingerprint density at radius 2 is 2.05 bits per heavy atom. The summed E-state index contributed by atoms with van der Waals surface area (Å²) in [6, 6.07) is -0.0810. The molecular formula is C14H23N3O4. The molecule has 0 bridgehead atoms. The summed E-state index contributed by atoms with van der Waals surface area (Å²) in [5, 5.41) is 14.9. The van der Waals surface area contributed by atoms with Gasteiger partial charge in [0, 0.05) is 25.6 Å². The molecule has 0 aromatic carbocycles. The molecule has 1 heterocycles. The smallest absolute Gasteiger partial charge is 0.329 e. The molecule has 1 aliphatic carbocycles. The van der Waals surface area contributed by atoms with Crippen LogP contribution in [-0.4, -0.2) is 52.6 Å². The lowest BCUT2D eigenvalue weighted by atomic mass is 9.93. The average Bonchev–Trinajstić information content (AvgIpc) is 3.13. The Hall–Kier alpha value is -1.79. The molecule has 21 heavy (non-hydrogen) atoms. The molecule has 0 aromatic rings. The third-order valence-electron chi connectivity index (χ3n) is 4.29. The number of carbonyl (C=O) groups is 3. The fourth-order valence-corrected chi connectivity index (χ4v) is 2.82. The molecule has 7 nitrogen and oxygen atoms in total. The van der Waals surface area contributed by atoms with E-state index in [0.717, 1.165) is 12.8 Å². The highest BCUT2D eigenvalue weighted by Gasteiger charge is 2.48. The molecular weight excluding hydrogens is 274 g/mol. The number of likely N-dealkylation sites (tertiary alicyclic amines) is 1. The minimum absolute atomic E-state index is 0.0702. The van der Waals surface area contributed by atoms with E-state index >= 15 is 0 Å². The molecule has 1 aliphatic heterocycles. The maximum absolute atomic E-state index is 12.2. The number of nitrogens with one attached hydrogen (secondary N) is 2. The molecule has 2 fully saturated rings. The van der Waals surface area contributed by atoms with Crippen LogP contribution in [0.4, 0.5) is 4.79 Å². The number of hydrogen-bond acceptors (Lipinski definition) is 3. The Labute approximate surface area is 124 Å². The minimum Gasteiger partial charge on any atom is -0.479 e. The van der Waals surface area contributed by atoms with E-state index < -0.39 is 17.5 Å². The third kappa shape index (κ3) is 3.46. The summed E-state index contributed by atoms with van der Waals surface area (Å²) < 4.78 is 0. The Bertz CT molecular complexity index is 436. The molecule has 2 aliphatic rings. The van der Waals surface area contributed by atoms with E-state index in [0.29, 0.717) is 31.8 Å². The highest BCUT2D eigenvalue weighted by atomic mass is 16.4. The predicted octanol–water partition coefficient (Wildman–Crippen LogP) is 0.694. The number of rotatable bonds is 6. The van der Waals surface area contributed by atoms with Gasteiger partial charge in [0.1, 0.15) is 5.54 Å². The molecule has 0 radical (unpaired) electrons. The summed E-state index contributed by atoms with van der Waals surface area (Å²) in [6.45, 7) is 2.45. The highest BCUT2D eigenvalue weighted by molar-refractivity contribution is 5.87. The fraction of sp³-hybridized carbons (Fsp3) is 0.786. The van der Waals surface area contributed by atoms with Crippen molar-refractivity contribution < 1.29 is 19.5 Å². The topological polar surface area (TPSA) is 98.7 Å². The number of urea groups is 1. The zero-order chi connectivity index (χ0) is 15.5. The van der Waals surface area contributed by atoms with E-state index in [9.17, 15) is 19.5 Å². The van der Waals surface area contributed by atoms with Gasteiger partial charge < -0.3 is 20.6 Å². The maximum atomic E-state index is 12.2. The van der Waals surface area contributed by atoms with Crippen LogP contribution in [0.5, 0.6) is 0 Å². The van der Waals surface area contributed by atoms with Crippen LogP contribution in [0, 0.1) is 0 Å². The first-order valence-corrected chi connectivity index (χ1v) is 7.58. The first-order chi connectivity index (χ1) is 9.99. The van der Waals surface area contributed by atoms with Crippen molar-refractivity contribution in [2.45, 2.75) is 57.0 Å². The second kappa shape index (κ2) is 6.32. The predicted molar refractivity (Wildman–Crippen MR) is 75.8 cm³/mol. The van der Waals surface area contributed by atoms with Crippen molar-refractivity contribution in [1.29, 1.82) is 0 Å². The zero-order valence-corrected chi connectivity index (χ0v) is 12.4. The Morgan fingerprint density at radius 1 is 1.33 bits per heavy atom. The number of carboxylic acids is 1. The number of carboxylic acid groups (broad SMARTS) is 1. The van der Waals surface area contributed by atoms with Gasteiger partial charge in [0.25, 0.3) is 0 Å². The quantitative estimate of drug-likeness (QED) is 0.672. The Kier molecular flexibility index (Phi) is 4.69. The van der Waals surface area contributed by atoms with E-state index in [1.54, 1.807) is 6.92 Å². The number of aliphatic carboxylic acids is 1. The van der Waals surface area contributed by atoms with Crippen molar-refractivity contribution in [3.05, 3.63) is 0 Å². The van der Waals surface area contributed by atoms with E-state index in [1.807, 2.05) is 0 Å². The van der Waals surface area contributed by atoms with E-state index in [-0.39, 0.29) is 18.9 Å². The molecule has 1 saturated carbocycles. The van der Waals surface area contributed by atoms with Gasteiger partial charge in [-0.2, -0.15) is 0 Å². The van der Waals surface area contributed by atoms with E-state index in [4.69, 9.17) is 0 Å². The summed E-state index contributed by atoms with van der Waals surface area (Å²) in [5.41, 5.74) is -1.10. The standard InChI is InChI=1S/C14H23N3O4/c1-2-14(12(19)20)7-3-9-17(14)13(21)15-8-6-11(18)16-10-4-5-10/h10H,2-9H2,1H3,(H,15,21)(H,16,18)(H,19,20). The van der Waals surface area contributed by atoms with Gasteiger partial charge in [0.2, 0.25) is 5.91 Å². The summed E-state index contributed by atoms with van der Waals surface area (Å²) in [4.78, 5) is 36.6.